The third kappa shape index (κ3) is 5.22. The Morgan fingerprint density at radius 2 is 1.95 bits per heavy atom. The zero-order chi connectivity index (χ0) is 26.9. The van der Waals surface area contributed by atoms with E-state index in [1.165, 1.54) is 23.5 Å². The number of para-hydroxylation sites is 1. The molecule has 0 bridgehead atoms. The number of thiophene rings is 1. The van der Waals surface area contributed by atoms with Gasteiger partial charge >= 0.3 is 0 Å². The molecular weight excluding hydrogens is 517 g/mol. The maximum absolute atomic E-state index is 14.0. The lowest BCUT2D eigenvalue weighted by Gasteiger charge is -2.26. The average Bonchev–Trinajstić information content (AvgIpc) is 3.56. The number of fused-ring (bicyclic) bond motifs is 1. The number of anilines is 2. The van der Waals surface area contributed by atoms with Crippen LogP contribution in [0.2, 0.25) is 0 Å². The normalized spacial score (nSPS) is 19.5. The van der Waals surface area contributed by atoms with Crippen molar-refractivity contribution in [1.29, 1.82) is 0 Å². The first kappa shape index (κ1) is 25.7. The van der Waals surface area contributed by atoms with Gasteiger partial charge in [0.2, 0.25) is 0 Å². The van der Waals surface area contributed by atoms with Crippen molar-refractivity contribution in [3.63, 3.8) is 0 Å². The van der Waals surface area contributed by atoms with Crippen LogP contribution in [0.15, 0.2) is 65.5 Å². The van der Waals surface area contributed by atoms with Crippen molar-refractivity contribution in [3.05, 3.63) is 87.3 Å². The lowest BCUT2D eigenvalue weighted by Crippen LogP contribution is -2.32. The number of aryl methyl sites for hydroxylation is 1. The molecule has 2 aliphatic rings. The van der Waals surface area contributed by atoms with Crippen molar-refractivity contribution in [1.82, 2.24) is 9.47 Å². The Morgan fingerprint density at radius 3 is 2.72 bits per heavy atom. The molecule has 0 aliphatic carbocycles. The number of pyridine rings is 1. The van der Waals surface area contributed by atoms with Crippen LogP contribution in [0.5, 0.6) is 0 Å². The van der Waals surface area contributed by atoms with Crippen molar-refractivity contribution in [3.8, 4) is 5.69 Å². The Bertz CT molecular complexity index is 1560. The number of ether oxygens (including phenoxy) is 2. The number of nitrogens with one attached hydrogen (secondary N) is 1. The second-order valence-electron chi connectivity index (χ2n) is 10.1. The first-order chi connectivity index (χ1) is 19.0. The summed E-state index contributed by atoms with van der Waals surface area (Å²) in [6, 6.07) is 17.4. The van der Waals surface area contributed by atoms with Gasteiger partial charge in [-0.05, 0) is 74.6 Å². The molecule has 4 aromatic rings. The van der Waals surface area contributed by atoms with Gasteiger partial charge in [0.05, 0.1) is 17.5 Å². The Kier molecular flexibility index (Phi) is 7.20. The summed E-state index contributed by atoms with van der Waals surface area (Å²) in [6.07, 6.45) is 3.47. The van der Waals surface area contributed by atoms with E-state index < -0.39 is 0 Å². The number of carbonyl (C=O) groups is 1. The first-order valence-electron chi connectivity index (χ1n) is 13.3. The van der Waals surface area contributed by atoms with E-state index in [1.54, 1.807) is 29.7 Å². The predicted octanol–water partition coefficient (Wildman–Crippen LogP) is 6.00. The maximum Gasteiger partial charge on any atom is 0.266 e. The lowest BCUT2D eigenvalue weighted by molar-refractivity contribution is -0.184. The Balaban J connectivity index is 1.38. The zero-order valence-electron chi connectivity index (χ0n) is 21.7. The van der Waals surface area contributed by atoms with Gasteiger partial charge in [0.15, 0.2) is 6.29 Å². The number of halogens is 1. The van der Waals surface area contributed by atoms with Crippen LogP contribution < -0.4 is 10.9 Å². The van der Waals surface area contributed by atoms with E-state index in [4.69, 9.17) is 9.47 Å². The highest BCUT2D eigenvalue weighted by molar-refractivity contribution is 7.21. The molecule has 0 saturated carbocycles. The summed E-state index contributed by atoms with van der Waals surface area (Å²) in [5.74, 6) is -0.421. The van der Waals surface area contributed by atoms with E-state index in [1.807, 2.05) is 35.2 Å². The van der Waals surface area contributed by atoms with E-state index in [2.05, 4.69) is 5.32 Å². The molecule has 2 aromatic heterocycles. The number of likely N-dealkylation sites (tertiary alicyclic amines) is 1. The molecule has 0 spiro atoms. The molecule has 9 heteroatoms. The van der Waals surface area contributed by atoms with Gasteiger partial charge in [0, 0.05) is 36.8 Å². The van der Waals surface area contributed by atoms with E-state index in [-0.39, 0.29) is 29.7 Å². The Morgan fingerprint density at radius 1 is 1.10 bits per heavy atom. The number of benzene rings is 2. The fourth-order valence-corrected chi connectivity index (χ4v) is 6.48. The van der Waals surface area contributed by atoms with Gasteiger partial charge in [-0.3, -0.25) is 14.2 Å². The number of hydrogen-bond acceptors (Lipinski definition) is 6. The Hall–Kier alpha value is -3.53. The van der Waals surface area contributed by atoms with Crippen LogP contribution in [0.25, 0.3) is 15.9 Å². The quantitative estimate of drug-likeness (QED) is 0.321. The second kappa shape index (κ2) is 10.9. The summed E-state index contributed by atoms with van der Waals surface area (Å²) >= 11 is 1.29. The van der Waals surface area contributed by atoms with Gasteiger partial charge in [-0.1, -0.05) is 18.2 Å². The molecule has 0 radical (unpaired) electrons. The van der Waals surface area contributed by atoms with Gasteiger partial charge in [0.1, 0.15) is 15.5 Å². The van der Waals surface area contributed by atoms with Crippen LogP contribution in [0.1, 0.15) is 40.9 Å². The van der Waals surface area contributed by atoms with E-state index in [0.717, 1.165) is 36.8 Å². The van der Waals surface area contributed by atoms with E-state index >= 15 is 0 Å². The zero-order valence-corrected chi connectivity index (χ0v) is 22.5. The molecule has 1 unspecified atom stereocenters. The molecule has 2 fully saturated rings. The topological polar surface area (TPSA) is 72.8 Å². The van der Waals surface area contributed by atoms with Gasteiger partial charge in [-0.2, -0.15) is 0 Å². The minimum Gasteiger partial charge on any atom is -0.354 e. The van der Waals surface area contributed by atoms with Crippen LogP contribution in [0.4, 0.5) is 15.8 Å². The van der Waals surface area contributed by atoms with Gasteiger partial charge in [0.25, 0.3) is 11.5 Å². The summed E-state index contributed by atoms with van der Waals surface area (Å²) in [7, 11) is 0. The summed E-state index contributed by atoms with van der Waals surface area (Å²) in [5, 5.41) is 4.12. The first-order valence-corrected chi connectivity index (χ1v) is 14.1. The van der Waals surface area contributed by atoms with Crippen LogP contribution in [-0.2, 0) is 9.47 Å². The molecular formula is C30H30FN3O4S. The average molecular weight is 548 g/mol. The van der Waals surface area contributed by atoms with E-state index in [9.17, 15) is 14.0 Å². The highest BCUT2D eigenvalue weighted by Gasteiger charge is 2.33. The second-order valence-corrected chi connectivity index (χ2v) is 11.0. The minimum atomic E-state index is -0.296. The fraction of sp³-hybridized carbons (Fsp3) is 0.333. The molecule has 7 nitrogen and oxygen atoms in total. The summed E-state index contributed by atoms with van der Waals surface area (Å²) < 4.78 is 27.5. The van der Waals surface area contributed by atoms with Crippen LogP contribution in [0, 0.1) is 12.7 Å². The third-order valence-corrected chi connectivity index (χ3v) is 8.47. The molecule has 2 saturated heterocycles. The minimum absolute atomic E-state index is 0.0786. The van der Waals surface area contributed by atoms with Gasteiger partial charge < -0.3 is 19.7 Å². The van der Waals surface area contributed by atoms with Crippen LogP contribution in [0.3, 0.4) is 0 Å². The number of amides is 1. The number of carbonyl (C=O) groups excluding carboxylic acids is 1. The smallest absolute Gasteiger partial charge is 0.266 e. The molecule has 2 atom stereocenters. The maximum atomic E-state index is 14.0. The summed E-state index contributed by atoms with van der Waals surface area (Å²) in [5.41, 5.74) is 2.31. The molecule has 1 amide bonds. The molecule has 39 heavy (non-hydrogen) atoms. The molecule has 4 heterocycles. The number of nitrogens with zero attached hydrogens (tertiary/aromatic N) is 2. The largest absolute Gasteiger partial charge is 0.354 e. The monoisotopic (exact) mass is 547 g/mol. The van der Waals surface area contributed by atoms with Crippen molar-refractivity contribution in [2.75, 3.05) is 25.0 Å². The summed E-state index contributed by atoms with van der Waals surface area (Å²) in [6.45, 7) is 3.47. The lowest BCUT2D eigenvalue weighted by atomic mass is 10.2. The highest BCUT2D eigenvalue weighted by atomic mass is 32.1. The number of hydrogen-bond donors (Lipinski definition) is 1. The standard InChI is InChI=1S/C30H30FN3O4S/c1-19-17-20(10-12-24(19)31)32-27-23-11-13-25(35)34(21-7-3-2-4-8-21)30(23)39-28(27)29(36)33-15-14-22(18-33)38-26-9-5-6-16-37-26/h2-4,7-8,10-13,17,22,26,32H,5-6,9,14-16,18H2,1H3/t22-,26?/m1/s1. The Labute approximate surface area is 229 Å². The predicted molar refractivity (Wildman–Crippen MR) is 151 cm³/mol. The molecule has 202 valence electrons. The molecule has 6 rings (SSSR count). The molecule has 1 N–H and O–H groups in total. The highest BCUT2D eigenvalue weighted by Crippen LogP contribution is 2.39. The fourth-order valence-electron chi connectivity index (χ4n) is 5.25. The van der Waals surface area contributed by atoms with Crippen molar-refractivity contribution < 1.29 is 18.7 Å². The van der Waals surface area contributed by atoms with Crippen molar-refractivity contribution in [2.24, 2.45) is 0 Å². The number of aromatic nitrogens is 1. The molecule has 2 aliphatic heterocycles. The third-order valence-electron chi connectivity index (χ3n) is 7.29. The van der Waals surface area contributed by atoms with Crippen LogP contribution in [-0.4, -0.2) is 47.5 Å². The SMILES string of the molecule is Cc1cc(Nc2c(C(=O)N3CC[C@@H](OC4CCCCO4)C3)sc3c2ccc(=O)n3-c2ccccc2)ccc1F. The van der Waals surface area contributed by atoms with Crippen molar-refractivity contribution >= 4 is 38.8 Å². The molecule has 2 aromatic carbocycles. The number of rotatable bonds is 6. The van der Waals surface area contributed by atoms with Crippen LogP contribution >= 0.6 is 11.3 Å². The van der Waals surface area contributed by atoms with Gasteiger partial charge in [-0.25, -0.2) is 4.39 Å². The summed E-state index contributed by atoms with van der Waals surface area (Å²) in [4.78, 5) is 30.0. The van der Waals surface area contributed by atoms with Gasteiger partial charge in [-0.15, -0.1) is 11.3 Å². The van der Waals surface area contributed by atoms with Crippen molar-refractivity contribution in [2.45, 2.75) is 45.0 Å². The van der Waals surface area contributed by atoms with E-state index in [0.29, 0.717) is 46.3 Å².